The van der Waals surface area contributed by atoms with Gasteiger partial charge in [0.1, 0.15) is 11.1 Å². The molecule has 0 atom stereocenters. The lowest BCUT2D eigenvalue weighted by Crippen LogP contribution is -2.43. The lowest BCUT2D eigenvalue weighted by molar-refractivity contribution is -0.137. The number of rotatable bonds is 7. The summed E-state index contributed by atoms with van der Waals surface area (Å²) in [7, 11) is 1.53. The first kappa shape index (κ1) is 23.8. The Kier molecular flexibility index (Phi) is 7.80. The third-order valence-electron chi connectivity index (χ3n) is 5.21. The molecule has 34 heavy (non-hydrogen) atoms. The van der Waals surface area contributed by atoms with Crippen LogP contribution in [0.1, 0.15) is 10.6 Å². The van der Waals surface area contributed by atoms with E-state index in [4.69, 9.17) is 25.8 Å². The molecule has 1 saturated heterocycles. The molecule has 1 aliphatic rings. The Hall–Kier alpha value is -3.38. The minimum absolute atomic E-state index is 0.0818. The quantitative estimate of drug-likeness (QED) is 0.439. The van der Waals surface area contributed by atoms with E-state index in [0.29, 0.717) is 53.4 Å². The fourth-order valence-corrected chi connectivity index (χ4v) is 4.32. The van der Waals surface area contributed by atoms with Crippen LogP contribution in [-0.2, 0) is 9.53 Å². The van der Waals surface area contributed by atoms with Crippen molar-refractivity contribution in [3.05, 3.63) is 63.4 Å². The van der Waals surface area contributed by atoms with E-state index in [2.05, 4.69) is 11.1 Å². The number of amides is 1. The molecule has 0 bridgehead atoms. The molecule has 174 valence electrons. The van der Waals surface area contributed by atoms with Crippen molar-refractivity contribution in [2.24, 2.45) is 0 Å². The van der Waals surface area contributed by atoms with Gasteiger partial charge in [0.15, 0.2) is 18.1 Å². The Morgan fingerprint density at radius 1 is 1.24 bits per heavy atom. The van der Waals surface area contributed by atoms with Crippen LogP contribution in [-0.4, -0.2) is 55.8 Å². The van der Waals surface area contributed by atoms with Gasteiger partial charge in [0.05, 0.1) is 31.6 Å². The van der Waals surface area contributed by atoms with Crippen molar-refractivity contribution in [2.45, 2.75) is 0 Å². The largest absolute Gasteiger partial charge is 0.493 e. The average molecular weight is 496 g/mol. The number of benzene rings is 2. The van der Waals surface area contributed by atoms with Crippen molar-refractivity contribution in [3.8, 4) is 28.8 Å². The number of allylic oxidation sites excluding steroid dienone is 1. The predicted molar refractivity (Wildman–Crippen MR) is 132 cm³/mol. The van der Waals surface area contributed by atoms with Gasteiger partial charge >= 0.3 is 0 Å². The number of nitrogens with zero attached hydrogens (tertiary/aromatic N) is 3. The summed E-state index contributed by atoms with van der Waals surface area (Å²) in [5, 5.41) is 12.9. The number of hydrogen-bond donors (Lipinski definition) is 0. The van der Waals surface area contributed by atoms with Gasteiger partial charge in [-0.15, -0.1) is 11.3 Å². The molecule has 4 rings (SSSR count). The molecule has 1 amide bonds. The maximum Gasteiger partial charge on any atom is 0.260 e. The number of carbonyl (C=O) groups excluding carboxylic acids is 1. The number of thiazole rings is 1. The minimum atomic E-state index is -0.0960. The first-order chi connectivity index (χ1) is 16.6. The molecule has 0 spiro atoms. The second-order valence-corrected chi connectivity index (χ2v) is 8.70. The van der Waals surface area contributed by atoms with Crippen LogP contribution in [0.15, 0.2) is 47.8 Å². The Morgan fingerprint density at radius 3 is 2.71 bits per heavy atom. The van der Waals surface area contributed by atoms with E-state index in [0.717, 1.165) is 16.8 Å². The van der Waals surface area contributed by atoms with Crippen LogP contribution in [0.3, 0.4) is 0 Å². The molecule has 0 radical (unpaired) electrons. The summed E-state index contributed by atoms with van der Waals surface area (Å²) in [5.74, 6) is 0.835. The smallest absolute Gasteiger partial charge is 0.260 e. The highest BCUT2D eigenvalue weighted by molar-refractivity contribution is 7.11. The SMILES string of the molecule is COc1cc(/C=C(\C#N)c2nc(-c3ccc(Cl)cc3)cs2)ccc1OCC(=O)N1CCOCC1. The average Bonchev–Trinajstić information content (AvgIpc) is 3.37. The Labute approximate surface area is 206 Å². The predicted octanol–water partition coefficient (Wildman–Crippen LogP) is 4.77. The number of methoxy groups -OCH3 is 1. The fourth-order valence-electron chi connectivity index (χ4n) is 3.40. The molecule has 1 aromatic heterocycles. The molecule has 0 N–H and O–H groups in total. The molecule has 9 heteroatoms. The van der Waals surface area contributed by atoms with E-state index in [-0.39, 0.29) is 12.5 Å². The number of aromatic nitrogens is 1. The maximum atomic E-state index is 12.3. The van der Waals surface area contributed by atoms with Crippen LogP contribution in [0.4, 0.5) is 0 Å². The number of carbonyl (C=O) groups is 1. The summed E-state index contributed by atoms with van der Waals surface area (Å²) in [6.07, 6.45) is 1.75. The van der Waals surface area contributed by atoms with E-state index in [1.54, 1.807) is 35.2 Å². The van der Waals surface area contributed by atoms with Gasteiger partial charge in [-0.25, -0.2) is 4.98 Å². The number of hydrogen-bond acceptors (Lipinski definition) is 7. The highest BCUT2D eigenvalue weighted by Crippen LogP contribution is 2.31. The van der Waals surface area contributed by atoms with Crippen LogP contribution < -0.4 is 9.47 Å². The van der Waals surface area contributed by atoms with E-state index in [1.165, 1.54) is 18.4 Å². The summed E-state index contributed by atoms with van der Waals surface area (Å²) in [4.78, 5) is 18.7. The first-order valence-corrected chi connectivity index (χ1v) is 11.8. The Morgan fingerprint density at radius 2 is 2.00 bits per heavy atom. The molecule has 2 heterocycles. The molecular weight excluding hydrogens is 474 g/mol. The highest BCUT2D eigenvalue weighted by atomic mass is 35.5. The van der Waals surface area contributed by atoms with Crippen LogP contribution in [0.25, 0.3) is 22.9 Å². The van der Waals surface area contributed by atoms with E-state index >= 15 is 0 Å². The van der Waals surface area contributed by atoms with Gasteiger partial charge in [-0.1, -0.05) is 29.8 Å². The Balaban J connectivity index is 1.48. The van der Waals surface area contributed by atoms with Gasteiger partial charge in [-0.05, 0) is 35.9 Å². The van der Waals surface area contributed by atoms with E-state index < -0.39 is 0 Å². The molecule has 0 aliphatic carbocycles. The number of nitriles is 1. The summed E-state index contributed by atoms with van der Waals surface area (Å²) in [6.45, 7) is 2.13. The second kappa shape index (κ2) is 11.2. The third-order valence-corrected chi connectivity index (χ3v) is 6.34. The van der Waals surface area contributed by atoms with Crippen molar-refractivity contribution in [1.82, 2.24) is 9.88 Å². The normalized spacial score (nSPS) is 13.9. The summed E-state index contributed by atoms with van der Waals surface area (Å²) in [6, 6.07) is 14.9. The van der Waals surface area contributed by atoms with Crippen LogP contribution in [0, 0.1) is 11.3 Å². The topological polar surface area (TPSA) is 84.7 Å². The highest BCUT2D eigenvalue weighted by Gasteiger charge is 2.18. The third kappa shape index (κ3) is 5.75. The number of halogens is 1. The van der Waals surface area contributed by atoms with Crippen LogP contribution in [0.2, 0.25) is 5.02 Å². The van der Waals surface area contributed by atoms with Crippen molar-refractivity contribution in [3.63, 3.8) is 0 Å². The van der Waals surface area contributed by atoms with Gasteiger partial charge in [0.2, 0.25) is 0 Å². The zero-order valence-electron chi connectivity index (χ0n) is 18.5. The monoisotopic (exact) mass is 495 g/mol. The summed E-state index contributed by atoms with van der Waals surface area (Å²) in [5.41, 5.74) is 2.90. The van der Waals surface area contributed by atoms with Gasteiger partial charge < -0.3 is 19.1 Å². The minimum Gasteiger partial charge on any atom is -0.493 e. The fraction of sp³-hybridized carbons (Fsp3) is 0.240. The molecular formula is C25H22ClN3O4S. The molecule has 3 aromatic rings. The lowest BCUT2D eigenvalue weighted by Gasteiger charge is -2.26. The second-order valence-electron chi connectivity index (χ2n) is 7.41. The van der Waals surface area contributed by atoms with Crippen LogP contribution >= 0.6 is 22.9 Å². The standard InChI is InChI=1S/C25H22ClN3O4S/c1-31-23-13-17(2-7-22(23)33-15-24(30)29-8-10-32-11-9-29)12-19(14-27)25-28-21(16-34-25)18-3-5-20(26)6-4-18/h2-7,12-13,16H,8-11,15H2,1H3/b19-12+. The number of ether oxygens (including phenoxy) is 3. The molecule has 1 aliphatic heterocycles. The van der Waals surface area contributed by atoms with Gasteiger partial charge in [-0.3, -0.25) is 4.79 Å². The summed E-state index contributed by atoms with van der Waals surface area (Å²) >= 11 is 7.36. The molecule has 7 nitrogen and oxygen atoms in total. The van der Waals surface area contributed by atoms with Crippen molar-refractivity contribution < 1.29 is 19.0 Å². The first-order valence-electron chi connectivity index (χ1n) is 10.6. The Bertz CT molecular complexity index is 1230. The zero-order valence-corrected chi connectivity index (χ0v) is 20.1. The van der Waals surface area contributed by atoms with E-state index in [1.807, 2.05) is 23.6 Å². The van der Waals surface area contributed by atoms with Crippen molar-refractivity contribution in [2.75, 3.05) is 40.0 Å². The van der Waals surface area contributed by atoms with Gasteiger partial charge in [-0.2, -0.15) is 5.26 Å². The zero-order chi connectivity index (χ0) is 23.9. The van der Waals surface area contributed by atoms with Gasteiger partial charge in [0.25, 0.3) is 5.91 Å². The molecule has 1 fully saturated rings. The molecule has 0 saturated carbocycles. The molecule has 0 unspecified atom stereocenters. The summed E-state index contributed by atoms with van der Waals surface area (Å²) < 4.78 is 16.4. The molecule has 2 aromatic carbocycles. The van der Waals surface area contributed by atoms with Gasteiger partial charge in [0, 0.05) is 29.1 Å². The number of morpholine rings is 1. The van der Waals surface area contributed by atoms with Crippen molar-refractivity contribution >= 4 is 40.5 Å². The lowest BCUT2D eigenvalue weighted by atomic mass is 10.1. The maximum absolute atomic E-state index is 12.3. The van der Waals surface area contributed by atoms with E-state index in [9.17, 15) is 10.1 Å². The van der Waals surface area contributed by atoms with Crippen molar-refractivity contribution in [1.29, 1.82) is 5.26 Å². The van der Waals surface area contributed by atoms with Crippen LogP contribution in [0.5, 0.6) is 11.5 Å².